The van der Waals surface area contributed by atoms with Gasteiger partial charge < -0.3 is 20.1 Å². The molecule has 1 aromatic carbocycles. The van der Waals surface area contributed by atoms with Gasteiger partial charge in [0.25, 0.3) is 11.5 Å². The highest BCUT2D eigenvalue weighted by atomic mass is 16.5. The number of carbonyl (C=O) groups excluding carboxylic acids is 2. The van der Waals surface area contributed by atoms with Gasteiger partial charge in [0.05, 0.1) is 7.11 Å². The predicted octanol–water partition coefficient (Wildman–Crippen LogP) is 1.53. The monoisotopic (exact) mass is 432 g/mol. The Morgan fingerprint density at radius 2 is 1.87 bits per heavy atom. The summed E-state index contributed by atoms with van der Waals surface area (Å²) in [5.41, 5.74) is 4.73. The van der Waals surface area contributed by atoms with Crippen LogP contribution in [0, 0.1) is 0 Å². The highest BCUT2D eigenvalue weighted by Crippen LogP contribution is 2.20. The number of aromatic amines is 1. The first-order valence-electron chi connectivity index (χ1n) is 10.1. The van der Waals surface area contributed by atoms with Gasteiger partial charge in [-0.15, -0.1) is 0 Å². The number of aromatic nitrogens is 2. The normalized spacial score (nSPS) is 10.5. The molecule has 168 valence electrons. The van der Waals surface area contributed by atoms with Crippen molar-refractivity contribution in [2.24, 2.45) is 0 Å². The number of amides is 1. The Labute approximate surface area is 179 Å². The van der Waals surface area contributed by atoms with Gasteiger partial charge >= 0.3 is 11.7 Å². The largest absolute Gasteiger partial charge is 0.496 e. The predicted molar refractivity (Wildman–Crippen MR) is 117 cm³/mol. The summed E-state index contributed by atoms with van der Waals surface area (Å²) in [5.74, 6) is -1.15. The molecule has 0 bridgehead atoms. The van der Waals surface area contributed by atoms with E-state index in [-0.39, 0.29) is 30.2 Å². The number of ether oxygens (including phenoxy) is 2. The molecule has 0 spiro atoms. The van der Waals surface area contributed by atoms with Crippen molar-refractivity contribution in [1.82, 2.24) is 9.55 Å². The summed E-state index contributed by atoms with van der Waals surface area (Å²) in [5, 5.41) is 0. The number of nitrogens with zero attached hydrogens (tertiary/aromatic N) is 2. The zero-order chi connectivity index (χ0) is 23.0. The molecule has 10 heteroatoms. The van der Waals surface area contributed by atoms with Crippen molar-refractivity contribution in [2.75, 3.05) is 30.9 Å². The topological polar surface area (TPSA) is 137 Å². The van der Waals surface area contributed by atoms with E-state index in [2.05, 4.69) is 4.98 Å². The number of hydrogen-bond donors (Lipinski definition) is 2. The van der Waals surface area contributed by atoms with Crippen molar-refractivity contribution in [3.63, 3.8) is 0 Å². The van der Waals surface area contributed by atoms with Crippen LogP contribution in [0.5, 0.6) is 5.75 Å². The van der Waals surface area contributed by atoms with E-state index in [9.17, 15) is 19.2 Å². The molecule has 10 nitrogen and oxygen atoms in total. The molecule has 0 aliphatic carbocycles. The van der Waals surface area contributed by atoms with Crippen molar-refractivity contribution in [1.29, 1.82) is 0 Å². The third-order valence-corrected chi connectivity index (χ3v) is 4.62. The maximum atomic E-state index is 12.9. The summed E-state index contributed by atoms with van der Waals surface area (Å²) in [6, 6.07) is 6.46. The second-order valence-electron chi connectivity index (χ2n) is 6.82. The Bertz CT molecular complexity index is 1040. The van der Waals surface area contributed by atoms with Crippen LogP contribution in [0.4, 0.5) is 11.5 Å². The number of nitrogen functional groups attached to an aromatic ring is 1. The molecule has 0 saturated carbocycles. The molecule has 1 heterocycles. The second kappa shape index (κ2) is 11.0. The number of methoxy groups -OCH3 is 1. The van der Waals surface area contributed by atoms with Gasteiger partial charge in [-0.3, -0.25) is 19.1 Å². The average Bonchev–Trinajstić information content (AvgIpc) is 2.76. The number of nitrogens with one attached hydrogen (secondary N) is 1. The smallest absolute Gasteiger partial charge is 0.342 e. The van der Waals surface area contributed by atoms with E-state index in [0.29, 0.717) is 18.6 Å². The number of H-pyrrole nitrogens is 1. The number of para-hydroxylation sites is 1. The fourth-order valence-electron chi connectivity index (χ4n) is 3.06. The van der Waals surface area contributed by atoms with Gasteiger partial charge in [-0.1, -0.05) is 32.4 Å². The van der Waals surface area contributed by atoms with Gasteiger partial charge in [-0.25, -0.2) is 9.59 Å². The maximum Gasteiger partial charge on any atom is 0.342 e. The number of hydrogen-bond acceptors (Lipinski definition) is 7. The fourth-order valence-corrected chi connectivity index (χ4v) is 3.06. The Morgan fingerprint density at radius 3 is 2.52 bits per heavy atom. The van der Waals surface area contributed by atoms with Gasteiger partial charge in [0.2, 0.25) is 0 Å². The highest BCUT2D eigenvalue weighted by molar-refractivity contribution is 5.99. The van der Waals surface area contributed by atoms with Crippen LogP contribution in [0.3, 0.4) is 0 Å². The Balaban J connectivity index is 2.32. The minimum atomic E-state index is -0.768. The molecule has 0 saturated heterocycles. The number of esters is 1. The molecule has 1 aromatic heterocycles. The molecule has 0 aliphatic heterocycles. The van der Waals surface area contributed by atoms with E-state index < -0.39 is 29.7 Å². The minimum absolute atomic E-state index is 0.101. The zero-order valence-electron chi connectivity index (χ0n) is 18.0. The molecular formula is C21H28N4O6. The minimum Gasteiger partial charge on any atom is -0.496 e. The van der Waals surface area contributed by atoms with Crippen molar-refractivity contribution in [3.8, 4) is 5.75 Å². The van der Waals surface area contributed by atoms with Crippen LogP contribution in [-0.4, -0.2) is 41.7 Å². The lowest BCUT2D eigenvalue weighted by molar-refractivity contribution is -0.121. The van der Waals surface area contributed by atoms with E-state index in [1.807, 2.05) is 13.8 Å². The van der Waals surface area contributed by atoms with Crippen molar-refractivity contribution >= 4 is 23.4 Å². The second-order valence-corrected chi connectivity index (χ2v) is 6.82. The van der Waals surface area contributed by atoms with Crippen LogP contribution in [0.1, 0.15) is 43.5 Å². The van der Waals surface area contributed by atoms with Gasteiger partial charge in [0, 0.05) is 13.1 Å². The molecule has 0 unspecified atom stereocenters. The number of anilines is 2. The summed E-state index contributed by atoms with van der Waals surface area (Å²) >= 11 is 0. The van der Waals surface area contributed by atoms with Gasteiger partial charge in [0.1, 0.15) is 17.1 Å². The summed E-state index contributed by atoms with van der Waals surface area (Å²) in [4.78, 5) is 53.3. The quantitative estimate of drug-likeness (QED) is 0.543. The maximum absolute atomic E-state index is 12.9. The van der Waals surface area contributed by atoms with Gasteiger partial charge in [-0.2, -0.15) is 0 Å². The number of unbranched alkanes of at least 4 members (excludes halogenated alkanes) is 1. The Hall–Kier alpha value is -3.56. The van der Waals surface area contributed by atoms with Crippen LogP contribution in [-0.2, 0) is 16.1 Å². The van der Waals surface area contributed by atoms with E-state index >= 15 is 0 Å². The first kappa shape index (κ1) is 23.7. The van der Waals surface area contributed by atoms with Crippen molar-refractivity contribution in [2.45, 2.75) is 39.7 Å². The molecular weight excluding hydrogens is 404 g/mol. The lowest BCUT2D eigenvalue weighted by Crippen LogP contribution is -2.43. The molecule has 0 aliphatic rings. The molecule has 0 radical (unpaired) electrons. The molecule has 2 aromatic rings. The summed E-state index contributed by atoms with van der Waals surface area (Å²) in [6.45, 7) is 3.64. The molecule has 1 amide bonds. The molecule has 3 N–H and O–H groups in total. The first-order chi connectivity index (χ1) is 14.8. The number of benzene rings is 1. The van der Waals surface area contributed by atoms with Crippen LogP contribution in [0.25, 0.3) is 0 Å². The number of nitrogens with two attached hydrogens (primary N) is 1. The Morgan fingerprint density at radius 1 is 1.16 bits per heavy atom. The Kier molecular flexibility index (Phi) is 8.42. The average molecular weight is 432 g/mol. The van der Waals surface area contributed by atoms with E-state index in [4.69, 9.17) is 15.2 Å². The third kappa shape index (κ3) is 5.53. The zero-order valence-corrected chi connectivity index (χ0v) is 18.0. The number of rotatable bonds is 10. The van der Waals surface area contributed by atoms with Crippen molar-refractivity contribution < 1.29 is 19.1 Å². The van der Waals surface area contributed by atoms with Gasteiger partial charge in [-0.05, 0) is 25.0 Å². The highest BCUT2D eigenvalue weighted by Gasteiger charge is 2.25. The van der Waals surface area contributed by atoms with Crippen molar-refractivity contribution in [3.05, 3.63) is 50.7 Å². The fraction of sp³-hybridized carbons (Fsp3) is 0.429. The first-order valence-corrected chi connectivity index (χ1v) is 10.1. The standard InChI is InChI=1S/C21H28N4O6/c1-4-6-12-24(17-18(22)25(11-5-2)21(29)23-19(17)27)16(26)13-31-20(28)14-9-7-8-10-15(14)30-3/h7-10H,4-6,11-13,22H2,1-3H3,(H,23,27,29). The van der Waals surface area contributed by atoms with Crippen LogP contribution < -0.4 is 26.6 Å². The van der Waals surface area contributed by atoms with E-state index in [1.54, 1.807) is 18.2 Å². The molecule has 2 rings (SSSR count). The molecule has 0 fully saturated rings. The summed E-state index contributed by atoms with van der Waals surface area (Å²) in [7, 11) is 1.42. The van der Waals surface area contributed by atoms with Crippen LogP contribution >= 0.6 is 0 Å². The van der Waals surface area contributed by atoms with Crippen LogP contribution in [0.15, 0.2) is 33.9 Å². The molecule has 0 atom stereocenters. The third-order valence-electron chi connectivity index (χ3n) is 4.62. The lowest BCUT2D eigenvalue weighted by atomic mass is 10.2. The lowest BCUT2D eigenvalue weighted by Gasteiger charge is -2.24. The summed E-state index contributed by atoms with van der Waals surface area (Å²) in [6.07, 6.45) is 1.93. The summed E-state index contributed by atoms with van der Waals surface area (Å²) < 4.78 is 11.5. The van der Waals surface area contributed by atoms with E-state index in [1.165, 1.54) is 22.6 Å². The van der Waals surface area contributed by atoms with Crippen LogP contribution in [0.2, 0.25) is 0 Å². The van der Waals surface area contributed by atoms with E-state index in [0.717, 1.165) is 6.42 Å². The number of carbonyl (C=O) groups is 2. The van der Waals surface area contributed by atoms with Gasteiger partial charge in [0.15, 0.2) is 12.3 Å². The SMILES string of the molecule is CCCCN(C(=O)COC(=O)c1ccccc1OC)c1c(N)n(CCC)c(=O)[nH]c1=O. The molecule has 31 heavy (non-hydrogen) atoms.